The lowest BCUT2D eigenvalue weighted by Gasteiger charge is -2.21. The molecule has 0 aromatic heterocycles. The highest BCUT2D eigenvalue weighted by atomic mass is 16.2. The van der Waals surface area contributed by atoms with Gasteiger partial charge in [0, 0.05) is 12.2 Å². The molecule has 23 heavy (non-hydrogen) atoms. The van der Waals surface area contributed by atoms with E-state index < -0.39 is 0 Å². The van der Waals surface area contributed by atoms with Crippen LogP contribution in [0.5, 0.6) is 0 Å². The molecule has 0 spiro atoms. The summed E-state index contributed by atoms with van der Waals surface area (Å²) in [7, 11) is 0. The van der Waals surface area contributed by atoms with E-state index >= 15 is 0 Å². The molecule has 1 saturated carbocycles. The highest BCUT2D eigenvalue weighted by Crippen LogP contribution is 2.38. The summed E-state index contributed by atoms with van der Waals surface area (Å²) in [6.07, 6.45) is 4.40. The van der Waals surface area contributed by atoms with Crippen molar-refractivity contribution in [2.75, 3.05) is 18.0 Å². The third-order valence-corrected chi connectivity index (χ3v) is 5.41. The van der Waals surface area contributed by atoms with Gasteiger partial charge in [-0.1, -0.05) is 31.0 Å². The Kier molecular flexibility index (Phi) is 3.43. The van der Waals surface area contributed by atoms with Crippen LogP contribution in [0.3, 0.4) is 0 Å². The van der Waals surface area contributed by atoms with Crippen molar-refractivity contribution in [2.45, 2.75) is 32.1 Å². The fraction of sp³-hybridized carbons (Fsp3) is 0.500. The predicted octanol–water partition coefficient (Wildman–Crippen LogP) is 1.75. The fourth-order valence-corrected chi connectivity index (χ4v) is 4.20. The van der Waals surface area contributed by atoms with Gasteiger partial charge in [0.25, 0.3) is 0 Å². The Hall–Kier alpha value is -2.17. The molecular formula is C18H20N2O3. The van der Waals surface area contributed by atoms with Crippen LogP contribution in [0.25, 0.3) is 0 Å². The van der Waals surface area contributed by atoms with Crippen LogP contribution in [0.4, 0.5) is 5.69 Å². The zero-order valence-corrected chi connectivity index (χ0v) is 13.0. The number of fused-ring (bicyclic) bond motifs is 2. The summed E-state index contributed by atoms with van der Waals surface area (Å²) < 4.78 is 0. The van der Waals surface area contributed by atoms with Gasteiger partial charge in [0.05, 0.1) is 11.8 Å². The Labute approximate surface area is 135 Å². The standard InChI is InChI=1S/C18H20N2O3/c21-16(19-10-9-12-5-1-4-8-15(12)19)11-20-17(22)13-6-2-3-7-14(13)18(20)23/h1,4-5,8,13-14H,2-3,6-7,9-11H2/t13-,14-/m0/s1. The molecule has 1 aromatic carbocycles. The molecule has 1 saturated heterocycles. The molecule has 4 rings (SSSR count). The average Bonchev–Trinajstić information content (AvgIpc) is 3.11. The summed E-state index contributed by atoms with van der Waals surface area (Å²) in [5, 5.41) is 0. The Balaban J connectivity index is 1.51. The van der Waals surface area contributed by atoms with Gasteiger partial charge in [-0.05, 0) is 30.9 Å². The molecule has 0 unspecified atom stereocenters. The minimum atomic E-state index is -0.185. The molecule has 0 radical (unpaired) electrons. The average molecular weight is 312 g/mol. The molecule has 0 bridgehead atoms. The van der Waals surface area contributed by atoms with Crippen molar-refractivity contribution >= 4 is 23.4 Å². The summed E-state index contributed by atoms with van der Waals surface area (Å²) in [5.41, 5.74) is 2.06. The molecule has 1 aromatic rings. The van der Waals surface area contributed by atoms with Crippen LogP contribution < -0.4 is 4.90 Å². The number of benzene rings is 1. The molecular weight excluding hydrogens is 292 g/mol. The Morgan fingerprint density at radius 3 is 2.39 bits per heavy atom. The van der Waals surface area contributed by atoms with Crippen LogP contribution in [0.2, 0.25) is 0 Å². The van der Waals surface area contributed by atoms with Crippen LogP contribution in [0.15, 0.2) is 24.3 Å². The Morgan fingerprint density at radius 2 is 1.70 bits per heavy atom. The molecule has 5 heteroatoms. The van der Waals surface area contributed by atoms with Gasteiger partial charge >= 0.3 is 0 Å². The molecule has 3 aliphatic rings. The van der Waals surface area contributed by atoms with Gasteiger partial charge in [-0.25, -0.2) is 0 Å². The maximum absolute atomic E-state index is 12.6. The first-order valence-electron chi connectivity index (χ1n) is 8.40. The van der Waals surface area contributed by atoms with E-state index in [9.17, 15) is 14.4 Å². The van der Waals surface area contributed by atoms with Crippen molar-refractivity contribution in [2.24, 2.45) is 11.8 Å². The van der Waals surface area contributed by atoms with Crippen LogP contribution in [-0.2, 0) is 20.8 Å². The van der Waals surface area contributed by atoms with Gasteiger partial charge in [0.15, 0.2) is 0 Å². The smallest absolute Gasteiger partial charge is 0.247 e. The maximum Gasteiger partial charge on any atom is 0.247 e. The summed E-state index contributed by atoms with van der Waals surface area (Å²) >= 11 is 0. The summed E-state index contributed by atoms with van der Waals surface area (Å²) in [6, 6.07) is 7.81. The number of likely N-dealkylation sites (tertiary alicyclic amines) is 1. The highest BCUT2D eigenvalue weighted by Gasteiger charge is 2.48. The monoisotopic (exact) mass is 312 g/mol. The molecule has 2 aliphatic heterocycles. The van der Waals surface area contributed by atoms with Crippen LogP contribution >= 0.6 is 0 Å². The quantitative estimate of drug-likeness (QED) is 0.782. The number of carbonyl (C=O) groups excluding carboxylic acids is 3. The molecule has 120 valence electrons. The van der Waals surface area contributed by atoms with Crippen LogP contribution in [0, 0.1) is 11.8 Å². The molecule has 3 amide bonds. The van der Waals surface area contributed by atoms with E-state index in [1.54, 1.807) is 4.90 Å². The van der Waals surface area contributed by atoms with E-state index in [1.165, 1.54) is 4.90 Å². The van der Waals surface area contributed by atoms with Gasteiger partial charge < -0.3 is 4.90 Å². The van der Waals surface area contributed by atoms with E-state index in [2.05, 4.69) is 0 Å². The second-order valence-electron chi connectivity index (χ2n) is 6.68. The van der Waals surface area contributed by atoms with Crippen molar-refractivity contribution in [3.8, 4) is 0 Å². The lowest BCUT2D eigenvalue weighted by atomic mass is 9.81. The van der Waals surface area contributed by atoms with Crippen molar-refractivity contribution in [1.82, 2.24) is 4.90 Å². The van der Waals surface area contributed by atoms with Crippen molar-refractivity contribution < 1.29 is 14.4 Å². The number of imide groups is 1. The van der Waals surface area contributed by atoms with Crippen molar-refractivity contribution in [1.29, 1.82) is 0 Å². The van der Waals surface area contributed by atoms with Gasteiger partial charge in [0.2, 0.25) is 17.7 Å². The van der Waals surface area contributed by atoms with Crippen molar-refractivity contribution in [3.05, 3.63) is 29.8 Å². The number of anilines is 1. The molecule has 1 aliphatic carbocycles. The number of amides is 3. The lowest BCUT2D eigenvalue weighted by molar-refractivity contribution is -0.143. The predicted molar refractivity (Wildman–Crippen MR) is 84.7 cm³/mol. The fourth-order valence-electron chi connectivity index (χ4n) is 4.20. The number of hydrogen-bond acceptors (Lipinski definition) is 3. The maximum atomic E-state index is 12.6. The highest BCUT2D eigenvalue weighted by molar-refractivity contribution is 6.09. The second kappa shape index (κ2) is 5.48. The first kappa shape index (κ1) is 14.4. The van der Waals surface area contributed by atoms with Crippen LogP contribution in [0.1, 0.15) is 31.2 Å². The largest absolute Gasteiger partial charge is 0.310 e. The van der Waals surface area contributed by atoms with Crippen molar-refractivity contribution in [3.63, 3.8) is 0 Å². The zero-order valence-electron chi connectivity index (χ0n) is 13.0. The van der Waals surface area contributed by atoms with Gasteiger partial charge in [0.1, 0.15) is 6.54 Å². The molecule has 0 N–H and O–H groups in total. The van der Waals surface area contributed by atoms with E-state index in [1.807, 2.05) is 24.3 Å². The second-order valence-corrected chi connectivity index (χ2v) is 6.68. The minimum Gasteiger partial charge on any atom is -0.310 e. The summed E-state index contributed by atoms with van der Waals surface area (Å²) in [4.78, 5) is 40.5. The molecule has 2 heterocycles. The number of para-hydroxylation sites is 1. The normalized spacial score (nSPS) is 26.4. The number of rotatable bonds is 2. The van der Waals surface area contributed by atoms with E-state index in [-0.39, 0.29) is 36.1 Å². The Morgan fingerprint density at radius 1 is 1.04 bits per heavy atom. The zero-order chi connectivity index (χ0) is 16.0. The van der Waals surface area contributed by atoms with E-state index in [0.717, 1.165) is 43.4 Å². The minimum absolute atomic E-state index is 0.112. The first-order valence-corrected chi connectivity index (χ1v) is 8.40. The topological polar surface area (TPSA) is 57.7 Å². The molecule has 2 atom stereocenters. The Bertz CT molecular complexity index is 661. The van der Waals surface area contributed by atoms with Gasteiger partial charge in [-0.2, -0.15) is 0 Å². The number of carbonyl (C=O) groups is 3. The SMILES string of the molecule is O=C1[C@H]2CCCC[C@@H]2C(=O)N1CC(=O)N1CCc2ccccc21. The van der Waals surface area contributed by atoms with Gasteiger partial charge in [-0.3, -0.25) is 19.3 Å². The molecule has 2 fully saturated rings. The third kappa shape index (κ3) is 2.26. The number of hydrogen-bond donors (Lipinski definition) is 0. The van der Waals surface area contributed by atoms with Crippen LogP contribution in [-0.4, -0.2) is 35.7 Å². The van der Waals surface area contributed by atoms with Gasteiger partial charge in [-0.15, -0.1) is 0 Å². The lowest BCUT2D eigenvalue weighted by Crippen LogP contribution is -2.42. The third-order valence-electron chi connectivity index (χ3n) is 5.41. The number of nitrogens with zero attached hydrogens (tertiary/aromatic N) is 2. The van der Waals surface area contributed by atoms with E-state index in [4.69, 9.17) is 0 Å². The van der Waals surface area contributed by atoms with E-state index in [0.29, 0.717) is 6.54 Å². The summed E-state index contributed by atoms with van der Waals surface area (Å²) in [5.74, 6) is -0.804. The molecule has 5 nitrogen and oxygen atoms in total. The summed E-state index contributed by atoms with van der Waals surface area (Å²) in [6.45, 7) is 0.514. The first-order chi connectivity index (χ1) is 11.2.